The molecule has 1 N–H and O–H groups in total. The summed E-state index contributed by atoms with van der Waals surface area (Å²) in [7, 11) is 1.60. The Balaban J connectivity index is 1.74. The van der Waals surface area contributed by atoms with Gasteiger partial charge in [-0.1, -0.05) is 18.2 Å². The van der Waals surface area contributed by atoms with E-state index in [0.717, 1.165) is 35.7 Å². The van der Waals surface area contributed by atoms with Gasteiger partial charge in [-0.2, -0.15) is 0 Å². The van der Waals surface area contributed by atoms with Crippen LogP contribution in [0.3, 0.4) is 0 Å². The first-order valence-corrected chi connectivity index (χ1v) is 9.45. The molecule has 2 aromatic rings. The highest BCUT2D eigenvalue weighted by atomic mass is 32.2. The highest BCUT2D eigenvalue weighted by Gasteiger charge is 2.18. The fourth-order valence-corrected chi connectivity index (χ4v) is 3.97. The van der Waals surface area contributed by atoms with Gasteiger partial charge in [0, 0.05) is 17.3 Å². The molecule has 1 amide bonds. The first-order chi connectivity index (χ1) is 12.2. The molecule has 1 heterocycles. The zero-order valence-electron chi connectivity index (χ0n) is 14.6. The third kappa shape index (κ3) is 4.55. The summed E-state index contributed by atoms with van der Waals surface area (Å²) in [6, 6.07) is 13.4. The van der Waals surface area contributed by atoms with Crippen LogP contribution in [0.15, 0.2) is 47.4 Å². The van der Waals surface area contributed by atoms with E-state index in [1.165, 1.54) is 0 Å². The van der Waals surface area contributed by atoms with Crippen LogP contribution < -0.4 is 10.1 Å². The fraction of sp³-hybridized carbons (Fsp3) is 0.350. The van der Waals surface area contributed by atoms with Crippen LogP contribution in [0.4, 0.5) is 5.69 Å². The van der Waals surface area contributed by atoms with Crippen molar-refractivity contribution in [1.29, 1.82) is 0 Å². The van der Waals surface area contributed by atoms with E-state index in [9.17, 15) is 4.79 Å². The molecule has 0 aromatic heterocycles. The Labute approximate surface area is 152 Å². The molecule has 1 aliphatic rings. The van der Waals surface area contributed by atoms with Gasteiger partial charge in [-0.15, -0.1) is 11.8 Å². The lowest BCUT2D eigenvalue weighted by Crippen LogP contribution is -2.14. The van der Waals surface area contributed by atoms with Crippen LogP contribution in [0, 0.1) is 6.92 Å². The third-order valence-electron chi connectivity index (χ3n) is 4.18. The largest absolute Gasteiger partial charge is 0.495 e. The molecule has 0 aliphatic carbocycles. The minimum atomic E-state index is -0.126. The zero-order valence-corrected chi connectivity index (χ0v) is 15.4. The lowest BCUT2D eigenvalue weighted by Gasteiger charge is -2.14. The number of hydrogen-bond acceptors (Lipinski definition) is 4. The maximum absolute atomic E-state index is 12.8. The molecule has 1 saturated heterocycles. The van der Waals surface area contributed by atoms with Gasteiger partial charge < -0.3 is 14.8 Å². The van der Waals surface area contributed by atoms with E-state index in [0.29, 0.717) is 17.0 Å². The van der Waals surface area contributed by atoms with E-state index in [1.54, 1.807) is 18.9 Å². The zero-order chi connectivity index (χ0) is 17.6. The average molecular weight is 357 g/mol. The topological polar surface area (TPSA) is 47.6 Å². The van der Waals surface area contributed by atoms with Gasteiger partial charge in [-0.05, 0) is 49.6 Å². The number of hydrogen-bond donors (Lipinski definition) is 1. The Bertz CT molecular complexity index is 741. The first kappa shape index (κ1) is 17.8. The highest BCUT2D eigenvalue weighted by molar-refractivity contribution is 7.99. The Morgan fingerprint density at radius 2 is 2.16 bits per heavy atom. The lowest BCUT2D eigenvalue weighted by atomic mass is 10.1. The van der Waals surface area contributed by atoms with Gasteiger partial charge in [0.15, 0.2) is 0 Å². The molecule has 4 nitrogen and oxygen atoms in total. The first-order valence-electron chi connectivity index (χ1n) is 8.47. The number of carbonyl (C=O) groups excluding carboxylic acids is 1. The van der Waals surface area contributed by atoms with Gasteiger partial charge in [0.2, 0.25) is 0 Å². The maximum Gasteiger partial charge on any atom is 0.256 e. The summed E-state index contributed by atoms with van der Waals surface area (Å²) in [5.74, 6) is 1.40. The van der Waals surface area contributed by atoms with Crippen molar-refractivity contribution in [3.63, 3.8) is 0 Å². The Kier molecular flexibility index (Phi) is 6.00. The van der Waals surface area contributed by atoms with Crippen molar-refractivity contribution in [2.24, 2.45) is 0 Å². The monoisotopic (exact) mass is 357 g/mol. The van der Waals surface area contributed by atoms with Gasteiger partial charge in [0.05, 0.1) is 24.5 Å². The molecule has 1 atom stereocenters. The number of thioether (sulfide) groups is 1. The minimum Gasteiger partial charge on any atom is -0.495 e. The third-order valence-corrected chi connectivity index (χ3v) is 5.39. The molecule has 0 bridgehead atoms. The molecule has 5 heteroatoms. The number of nitrogens with one attached hydrogen (secondary N) is 1. The van der Waals surface area contributed by atoms with Crippen molar-refractivity contribution in [3.05, 3.63) is 53.6 Å². The summed E-state index contributed by atoms with van der Waals surface area (Å²) < 4.78 is 11.0. The molecule has 0 saturated carbocycles. The van der Waals surface area contributed by atoms with Crippen LogP contribution in [-0.2, 0) is 4.74 Å². The number of ether oxygens (including phenoxy) is 2. The van der Waals surface area contributed by atoms with Crippen molar-refractivity contribution in [1.82, 2.24) is 0 Å². The van der Waals surface area contributed by atoms with Crippen LogP contribution >= 0.6 is 11.8 Å². The molecule has 2 aromatic carbocycles. The number of anilines is 1. The van der Waals surface area contributed by atoms with Crippen LogP contribution in [0.2, 0.25) is 0 Å². The van der Waals surface area contributed by atoms with Crippen LogP contribution in [-0.4, -0.2) is 31.5 Å². The number of methoxy groups -OCH3 is 1. The second-order valence-electron chi connectivity index (χ2n) is 6.10. The lowest BCUT2D eigenvalue weighted by molar-refractivity contribution is 0.102. The Hall–Kier alpha value is -1.98. The van der Waals surface area contributed by atoms with Crippen molar-refractivity contribution < 1.29 is 14.3 Å². The molecule has 132 valence electrons. The van der Waals surface area contributed by atoms with Gasteiger partial charge in [0.1, 0.15) is 5.75 Å². The van der Waals surface area contributed by atoms with Crippen molar-refractivity contribution in [2.75, 3.05) is 24.8 Å². The van der Waals surface area contributed by atoms with E-state index in [-0.39, 0.29) is 12.0 Å². The van der Waals surface area contributed by atoms with Crippen LogP contribution in [0.1, 0.15) is 28.8 Å². The Morgan fingerprint density at radius 1 is 1.32 bits per heavy atom. The van der Waals surface area contributed by atoms with Gasteiger partial charge >= 0.3 is 0 Å². The molecular weight excluding hydrogens is 334 g/mol. The van der Waals surface area contributed by atoms with E-state index in [1.807, 2.05) is 49.4 Å². The predicted octanol–water partition coefficient (Wildman–Crippen LogP) is 4.53. The number of rotatable bonds is 6. The molecule has 1 aliphatic heterocycles. The standard InChI is InChI=1S/C20H23NO3S/c1-14-9-10-18(23-2)17(12-14)21-20(22)16-7-3-4-8-19(16)25-13-15-6-5-11-24-15/h3-4,7-10,12,15H,5-6,11,13H2,1-2H3,(H,21,22)/t15-/m1/s1. The van der Waals surface area contributed by atoms with E-state index in [4.69, 9.17) is 9.47 Å². The Morgan fingerprint density at radius 3 is 2.92 bits per heavy atom. The van der Waals surface area contributed by atoms with Gasteiger partial charge in [0.25, 0.3) is 5.91 Å². The number of carbonyl (C=O) groups is 1. The predicted molar refractivity (Wildman–Crippen MR) is 102 cm³/mol. The fourth-order valence-electron chi connectivity index (χ4n) is 2.85. The number of benzene rings is 2. The van der Waals surface area contributed by atoms with Crippen molar-refractivity contribution in [3.8, 4) is 5.75 Å². The van der Waals surface area contributed by atoms with E-state index in [2.05, 4.69) is 5.32 Å². The highest BCUT2D eigenvalue weighted by Crippen LogP contribution is 2.29. The van der Waals surface area contributed by atoms with Crippen LogP contribution in [0.5, 0.6) is 5.75 Å². The summed E-state index contributed by atoms with van der Waals surface area (Å²) in [5.41, 5.74) is 2.43. The normalized spacial score (nSPS) is 16.6. The average Bonchev–Trinajstić information content (AvgIpc) is 3.14. The van der Waals surface area contributed by atoms with Crippen molar-refractivity contribution >= 4 is 23.4 Å². The molecule has 0 spiro atoms. The summed E-state index contributed by atoms with van der Waals surface area (Å²) in [4.78, 5) is 13.8. The SMILES string of the molecule is COc1ccc(C)cc1NC(=O)c1ccccc1SC[C@H]1CCCO1. The molecule has 0 radical (unpaired) electrons. The number of aryl methyl sites for hydroxylation is 1. The van der Waals surface area contributed by atoms with E-state index < -0.39 is 0 Å². The van der Waals surface area contributed by atoms with Gasteiger partial charge in [-0.25, -0.2) is 0 Å². The van der Waals surface area contributed by atoms with Crippen molar-refractivity contribution in [2.45, 2.75) is 30.8 Å². The smallest absolute Gasteiger partial charge is 0.256 e. The molecule has 3 rings (SSSR count). The second kappa shape index (κ2) is 8.41. The molecule has 25 heavy (non-hydrogen) atoms. The summed E-state index contributed by atoms with van der Waals surface area (Å²) in [5, 5.41) is 2.98. The molecule has 1 fully saturated rings. The van der Waals surface area contributed by atoms with Crippen LogP contribution in [0.25, 0.3) is 0 Å². The van der Waals surface area contributed by atoms with E-state index >= 15 is 0 Å². The number of amides is 1. The van der Waals surface area contributed by atoms with Gasteiger partial charge in [-0.3, -0.25) is 4.79 Å². The quantitative estimate of drug-likeness (QED) is 0.772. The summed E-state index contributed by atoms with van der Waals surface area (Å²) >= 11 is 1.68. The minimum absolute atomic E-state index is 0.126. The molecular formula is C20H23NO3S. The summed E-state index contributed by atoms with van der Waals surface area (Å²) in [6.07, 6.45) is 2.51. The second-order valence-corrected chi connectivity index (χ2v) is 7.16. The summed E-state index contributed by atoms with van der Waals surface area (Å²) in [6.45, 7) is 2.83. The molecule has 0 unspecified atom stereocenters. The maximum atomic E-state index is 12.8.